The third-order valence-corrected chi connectivity index (χ3v) is 6.10. The molecule has 3 aromatic rings. The lowest BCUT2D eigenvalue weighted by Crippen LogP contribution is -2.18. The Hall–Kier alpha value is -2.71. The second-order valence-electron chi connectivity index (χ2n) is 6.87. The molecule has 162 valence electrons. The second kappa shape index (κ2) is 9.62. The van der Waals surface area contributed by atoms with E-state index in [4.69, 9.17) is 25.8 Å². The van der Waals surface area contributed by atoms with Gasteiger partial charge in [-0.1, -0.05) is 54.9 Å². The summed E-state index contributed by atoms with van der Waals surface area (Å²) in [5.74, 6) is 2.43. The Morgan fingerprint density at radius 1 is 1.13 bits per heavy atom. The maximum absolute atomic E-state index is 6.59. The number of nitrogens with zero attached hydrogens (tertiary/aromatic N) is 3. The minimum absolute atomic E-state index is 0.405. The van der Waals surface area contributed by atoms with Crippen LogP contribution in [0.2, 0.25) is 5.02 Å². The number of benzene rings is 2. The summed E-state index contributed by atoms with van der Waals surface area (Å²) in [6.07, 6.45) is 1.58. The molecular weight excluding hydrogens is 436 g/mol. The lowest BCUT2D eigenvalue weighted by atomic mass is 10.1. The molecule has 0 radical (unpaired) electrons. The number of unbranched alkanes of at least 4 members (excludes halogenated alkanes) is 1. The standard InChI is InChI=1S/C22H23ClN4O3S/c1-4-5-10-31-22-25-21-19(26-27-22)13-8-6-7-9-16(13)24-20(30-21)14-11-17(28-2)18(29-3)12-15(14)23/h6-9,11-12,20,24H,4-5,10H2,1-3H3. The number of halogens is 1. The average Bonchev–Trinajstić information content (AvgIpc) is 2.95. The molecule has 2 heterocycles. The molecule has 1 aliphatic rings. The number of fused-ring (bicyclic) bond motifs is 3. The Morgan fingerprint density at radius 2 is 1.90 bits per heavy atom. The zero-order valence-electron chi connectivity index (χ0n) is 17.5. The quantitative estimate of drug-likeness (QED) is 0.362. The van der Waals surface area contributed by atoms with Gasteiger partial charge in [-0.15, -0.1) is 10.2 Å². The average molecular weight is 459 g/mol. The first-order chi connectivity index (χ1) is 15.1. The molecule has 2 aromatic carbocycles. The smallest absolute Gasteiger partial charge is 0.247 e. The van der Waals surface area contributed by atoms with E-state index in [9.17, 15) is 0 Å². The van der Waals surface area contributed by atoms with E-state index in [1.807, 2.05) is 24.3 Å². The van der Waals surface area contributed by atoms with Crippen molar-refractivity contribution in [1.82, 2.24) is 15.2 Å². The summed E-state index contributed by atoms with van der Waals surface area (Å²) in [6, 6.07) is 11.3. The first-order valence-electron chi connectivity index (χ1n) is 9.96. The highest BCUT2D eigenvalue weighted by Crippen LogP contribution is 2.43. The Kier molecular flexibility index (Phi) is 6.67. The van der Waals surface area contributed by atoms with Crippen molar-refractivity contribution in [2.24, 2.45) is 0 Å². The molecule has 7 nitrogen and oxygen atoms in total. The molecule has 1 aromatic heterocycles. The molecule has 1 atom stereocenters. The summed E-state index contributed by atoms with van der Waals surface area (Å²) in [5, 5.41) is 13.2. The summed E-state index contributed by atoms with van der Waals surface area (Å²) in [6.45, 7) is 2.15. The van der Waals surface area contributed by atoms with Gasteiger partial charge in [0, 0.05) is 28.6 Å². The Bertz CT molecular complexity index is 1080. The van der Waals surface area contributed by atoms with E-state index >= 15 is 0 Å². The van der Waals surface area contributed by atoms with Crippen LogP contribution in [0, 0.1) is 0 Å². The fraction of sp³-hybridized carbons (Fsp3) is 0.318. The molecule has 31 heavy (non-hydrogen) atoms. The minimum Gasteiger partial charge on any atom is -0.493 e. The first kappa shape index (κ1) is 21.5. The van der Waals surface area contributed by atoms with Crippen molar-refractivity contribution >= 4 is 29.1 Å². The van der Waals surface area contributed by atoms with Crippen LogP contribution in [0.1, 0.15) is 31.6 Å². The summed E-state index contributed by atoms with van der Waals surface area (Å²) in [5.41, 5.74) is 2.99. The van der Waals surface area contributed by atoms with Crippen molar-refractivity contribution in [3.63, 3.8) is 0 Å². The number of nitrogens with one attached hydrogen (secondary N) is 1. The topological polar surface area (TPSA) is 78.4 Å². The fourth-order valence-electron chi connectivity index (χ4n) is 3.23. The lowest BCUT2D eigenvalue weighted by molar-refractivity contribution is 0.224. The van der Waals surface area contributed by atoms with Gasteiger partial charge in [0.1, 0.15) is 0 Å². The molecule has 0 saturated heterocycles. The van der Waals surface area contributed by atoms with Crippen LogP contribution in [-0.2, 0) is 0 Å². The van der Waals surface area contributed by atoms with Gasteiger partial charge in [-0.2, -0.15) is 4.98 Å². The third kappa shape index (κ3) is 4.50. The minimum atomic E-state index is -0.611. The number of hydrogen-bond donors (Lipinski definition) is 1. The van der Waals surface area contributed by atoms with Crippen molar-refractivity contribution in [3.05, 3.63) is 47.0 Å². The largest absolute Gasteiger partial charge is 0.493 e. The van der Waals surface area contributed by atoms with Gasteiger partial charge in [0.2, 0.25) is 11.0 Å². The summed E-state index contributed by atoms with van der Waals surface area (Å²) in [7, 11) is 3.15. The van der Waals surface area contributed by atoms with Crippen LogP contribution < -0.4 is 19.5 Å². The van der Waals surface area contributed by atoms with E-state index < -0.39 is 6.23 Å². The Morgan fingerprint density at radius 3 is 2.68 bits per heavy atom. The third-order valence-electron chi connectivity index (χ3n) is 4.85. The van der Waals surface area contributed by atoms with Crippen molar-refractivity contribution in [2.75, 3.05) is 25.3 Å². The number of thioether (sulfide) groups is 1. The maximum Gasteiger partial charge on any atom is 0.247 e. The molecule has 0 bridgehead atoms. The van der Waals surface area contributed by atoms with E-state index in [1.165, 1.54) is 0 Å². The highest BCUT2D eigenvalue weighted by atomic mass is 35.5. The molecule has 0 saturated carbocycles. The molecule has 4 rings (SSSR count). The summed E-state index contributed by atoms with van der Waals surface area (Å²) < 4.78 is 17.1. The molecule has 1 N–H and O–H groups in total. The molecule has 0 aliphatic carbocycles. The predicted octanol–water partition coefficient (Wildman–Crippen LogP) is 5.60. The van der Waals surface area contributed by atoms with E-state index in [-0.39, 0.29) is 0 Å². The van der Waals surface area contributed by atoms with Crippen molar-refractivity contribution in [2.45, 2.75) is 31.1 Å². The normalized spacial score (nSPS) is 14.5. The van der Waals surface area contributed by atoms with Gasteiger partial charge >= 0.3 is 0 Å². The van der Waals surface area contributed by atoms with Crippen LogP contribution >= 0.6 is 23.4 Å². The van der Waals surface area contributed by atoms with Crippen LogP contribution in [-0.4, -0.2) is 35.2 Å². The Balaban J connectivity index is 1.77. The van der Waals surface area contributed by atoms with E-state index in [1.54, 1.807) is 38.1 Å². The van der Waals surface area contributed by atoms with Crippen LogP contribution in [0.5, 0.6) is 17.4 Å². The summed E-state index contributed by atoms with van der Waals surface area (Å²) in [4.78, 5) is 4.65. The zero-order valence-corrected chi connectivity index (χ0v) is 19.1. The van der Waals surface area contributed by atoms with Crippen LogP contribution in [0.3, 0.4) is 0 Å². The monoisotopic (exact) mass is 458 g/mol. The van der Waals surface area contributed by atoms with Crippen molar-refractivity contribution in [3.8, 4) is 28.6 Å². The fourth-order valence-corrected chi connectivity index (χ4v) is 4.34. The number of aromatic nitrogens is 3. The first-order valence-corrected chi connectivity index (χ1v) is 11.3. The molecule has 9 heteroatoms. The van der Waals surface area contributed by atoms with Gasteiger partial charge in [-0.3, -0.25) is 0 Å². The highest BCUT2D eigenvalue weighted by molar-refractivity contribution is 7.99. The van der Waals surface area contributed by atoms with Gasteiger partial charge in [0.15, 0.2) is 23.4 Å². The maximum atomic E-state index is 6.59. The van der Waals surface area contributed by atoms with E-state index in [2.05, 4.69) is 27.4 Å². The number of para-hydroxylation sites is 1. The molecule has 0 spiro atoms. The number of rotatable bonds is 7. The molecule has 1 unspecified atom stereocenters. The van der Waals surface area contributed by atoms with Gasteiger partial charge in [0.25, 0.3) is 0 Å². The van der Waals surface area contributed by atoms with Crippen LogP contribution in [0.25, 0.3) is 11.3 Å². The molecule has 0 fully saturated rings. The van der Waals surface area contributed by atoms with E-state index in [0.29, 0.717) is 38.8 Å². The predicted molar refractivity (Wildman–Crippen MR) is 122 cm³/mol. The molecular formula is C22H23ClN4O3S. The molecule has 0 amide bonds. The van der Waals surface area contributed by atoms with Crippen LogP contribution in [0.4, 0.5) is 5.69 Å². The van der Waals surface area contributed by atoms with Gasteiger partial charge in [-0.25, -0.2) is 0 Å². The van der Waals surface area contributed by atoms with Crippen molar-refractivity contribution in [1.29, 1.82) is 0 Å². The second-order valence-corrected chi connectivity index (χ2v) is 8.34. The van der Waals surface area contributed by atoms with Gasteiger partial charge < -0.3 is 19.5 Å². The lowest BCUT2D eigenvalue weighted by Gasteiger charge is -2.21. The van der Waals surface area contributed by atoms with Crippen LogP contribution in [0.15, 0.2) is 41.6 Å². The molecule has 1 aliphatic heterocycles. The summed E-state index contributed by atoms with van der Waals surface area (Å²) >= 11 is 8.16. The number of anilines is 1. The number of ether oxygens (including phenoxy) is 3. The van der Waals surface area contributed by atoms with Crippen molar-refractivity contribution < 1.29 is 14.2 Å². The van der Waals surface area contributed by atoms with Gasteiger partial charge in [-0.05, 0) is 18.6 Å². The number of hydrogen-bond acceptors (Lipinski definition) is 8. The van der Waals surface area contributed by atoms with Gasteiger partial charge in [0.05, 0.1) is 19.2 Å². The SMILES string of the molecule is CCCCSc1nnc2c(n1)OC(c1cc(OC)c(OC)cc1Cl)Nc1ccccc1-2. The zero-order chi connectivity index (χ0) is 21.8. The highest BCUT2D eigenvalue weighted by Gasteiger charge is 2.28. The van der Waals surface area contributed by atoms with E-state index in [0.717, 1.165) is 29.8 Å². The number of methoxy groups -OCH3 is 2. The Labute approximate surface area is 190 Å².